The summed E-state index contributed by atoms with van der Waals surface area (Å²) in [4.78, 5) is 43.1. The monoisotopic (exact) mass is 463 g/mol. The molecule has 34 heavy (non-hydrogen) atoms. The number of ketones is 1. The summed E-state index contributed by atoms with van der Waals surface area (Å²) in [6, 6.07) is 14.4. The maximum absolute atomic E-state index is 13.2. The summed E-state index contributed by atoms with van der Waals surface area (Å²) in [5.74, 6) is 0.497. The summed E-state index contributed by atoms with van der Waals surface area (Å²) in [7, 11) is 0. The third-order valence-corrected chi connectivity index (χ3v) is 6.63. The maximum Gasteiger partial charge on any atom is 0.251 e. The van der Waals surface area contributed by atoms with Gasteiger partial charge in [0.1, 0.15) is 5.75 Å². The number of benzene rings is 2. The number of carbonyl (C=O) groups is 3. The number of amides is 2. The van der Waals surface area contributed by atoms with E-state index in [4.69, 9.17) is 4.74 Å². The van der Waals surface area contributed by atoms with Crippen LogP contribution in [0.4, 0.5) is 11.4 Å². The van der Waals surface area contributed by atoms with Gasteiger partial charge < -0.3 is 9.64 Å². The van der Waals surface area contributed by atoms with Crippen LogP contribution in [0.1, 0.15) is 49.9 Å². The number of anilines is 2. The second kappa shape index (κ2) is 10.8. The van der Waals surface area contributed by atoms with E-state index < -0.39 is 6.04 Å². The van der Waals surface area contributed by atoms with Crippen LogP contribution in [0.2, 0.25) is 0 Å². The Balaban J connectivity index is 1.33. The van der Waals surface area contributed by atoms with Crippen LogP contribution in [0.3, 0.4) is 0 Å². The number of Topliss-reactive ketones (excluding diaryl/α,β-unsaturated/α-hetero) is 1. The van der Waals surface area contributed by atoms with E-state index in [2.05, 4.69) is 16.7 Å². The third-order valence-electron chi connectivity index (χ3n) is 6.63. The molecule has 0 saturated carbocycles. The van der Waals surface area contributed by atoms with Gasteiger partial charge in [-0.3, -0.25) is 19.3 Å². The fourth-order valence-corrected chi connectivity index (χ4v) is 4.60. The first kappa shape index (κ1) is 24.0. The lowest BCUT2D eigenvalue weighted by Gasteiger charge is -2.38. The number of hydrogen-bond donors (Lipinski definition) is 0. The van der Waals surface area contributed by atoms with Crippen LogP contribution in [-0.2, 0) is 9.59 Å². The van der Waals surface area contributed by atoms with Gasteiger partial charge in [0.25, 0.3) is 5.91 Å². The van der Waals surface area contributed by atoms with E-state index in [9.17, 15) is 14.4 Å². The lowest BCUT2D eigenvalue weighted by molar-refractivity contribution is -0.123. The number of nitrogens with zero attached hydrogens (tertiary/aromatic N) is 3. The molecule has 2 aliphatic rings. The molecule has 180 valence electrons. The van der Waals surface area contributed by atoms with Gasteiger partial charge in [-0.25, -0.2) is 4.90 Å². The minimum Gasteiger partial charge on any atom is -0.494 e. The highest BCUT2D eigenvalue weighted by atomic mass is 16.5. The molecule has 2 saturated heterocycles. The summed E-state index contributed by atoms with van der Waals surface area (Å²) in [5.41, 5.74) is 2.37. The Morgan fingerprint density at radius 1 is 0.912 bits per heavy atom. The maximum atomic E-state index is 13.2. The first-order chi connectivity index (χ1) is 16.5. The first-order valence-electron chi connectivity index (χ1n) is 12.2. The van der Waals surface area contributed by atoms with Crippen molar-refractivity contribution in [2.75, 3.05) is 42.6 Å². The number of unbranched alkanes of at least 4 members (excludes halogenated alkanes) is 2. The van der Waals surface area contributed by atoms with Crippen molar-refractivity contribution in [2.24, 2.45) is 0 Å². The van der Waals surface area contributed by atoms with E-state index in [1.807, 2.05) is 36.4 Å². The second-order valence-electron chi connectivity index (χ2n) is 8.96. The fraction of sp³-hybridized carbons (Fsp3) is 0.444. The molecule has 0 aliphatic carbocycles. The zero-order valence-corrected chi connectivity index (χ0v) is 20.0. The molecule has 1 atom stereocenters. The van der Waals surface area contributed by atoms with Crippen molar-refractivity contribution >= 4 is 29.0 Å². The highest BCUT2D eigenvalue weighted by Crippen LogP contribution is 2.28. The molecule has 2 aromatic carbocycles. The number of rotatable bonds is 9. The van der Waals surface area contributed by atoms with Crippen molar-refractivity contribution in [1.82, 2.24) is 4.90 Å². The van der Waals surface area contributed by atoms with Crippen LogP contribution in [0.25, 0.3) is 0 Å². The highest BCUT2D eigenvalue weighted by molar-refractivity contribution is 6.22. The van der Waals surface area contributed by atoms with E-state index in [1.54, 1.807) is 19.1 Å². The quantitative estimate of drug-likeness (QED) is 0.319. The van der Waals surface area contributed by atoms with Gasteiger partial charge in [0, 0.05) is 37.4 Å². The van der Waals surface area contributed by atoms with Crippen LogP contribution in [0, 0.1) is 0 Å². The van der Waals surface area contributed by atoms with E-state index in [1.165, 1.54) is 4.90 Å². The Morgan fingerprint density at radius 2 is 1.56 bits per heavy atom. The van der Waals surface area contributed by atoms with Gasteiger partial charge in [-0.05, 0) is 61.9 Å². The normalized spacial score (nSPS) is 19.1. The Kier molecular flexibility index (Phi) is 7.63. The Hall–Kier alpha value is -3.19. The summed E-state index contributed by atoms with van der Waals surface area (Å²) >= 11 is 0. The van der Waals surface area contributed by atoms with Crippen LogP contribution in [-0.4, -0.2) is 61.3 Å². The van der Waals surface area contributed by atoms with Crippen LogP contribution < -0.4 is 14.5 Å². The largest absolute Gasteiger partial charge is 0.494 e. The van der Waals surface area contributed by atoms with Crippen molar-refractivity contribution < 1.29 is 19.1 Å². The number of piperazine rings is 1. The Bertz CT molecular complexity index is 1010. The Morgan fingerprint density at radius 3 is 2.18 bits per heavy atom. The molecule has 7 heteroatoms. The molecule has 7 nitrogen and oxygen atoms in total. The molecule has 4 rings (SSSR count). The number of imide groups is 1. The van der Waals surface area contributed by atoms with E-state index in [0.29, 0.717) is 30.9 Å². The van der Waals surface area contributed by atoms with Gasteiger partial charge in [0.2, 0.25) is 5.91 Å². The second-order valence-corrected chi connectivity index (χ2v) is 8.96. The van der Waals surface area contributed by atoms with Crippen LogP contribution >= 0.6 is 0 Å². The minimum absolute atomic E-state index is 0.0551. The summed E-state index contributed by atoms with van der Waals surface area (Å²) in [6.45, 7) is 7.33. The average Bonchev–Trinajstić information content (AvgIpc) is 3.16. The van der Waals surface area contributed by atoms with Crippen molar-refractivity contribution in [1.29, 1.82) is 0 Å². The van der Waals surface area contributed by atoms with Gasteiger partial charge in [-0.15, -0.1) is 0 Å². The van der Waals surface area contributed by atoms with Gasteiger partial charge in [0.05, 0.1) is 24.8 Å². The molecule has 2 heterocycles. The van der Waals surface area contributed by atoms with Crippen molar-refractivity contribution in [3.8, 4) is 5.75 Å². The number of carbonyl (C=O) groups excluding carboxylic acids is 3. The summed E-state index contributed by atoms with van der Waals surface area (Å²) in [6.07, 6.45) is 3.50. The first-order valence-corrected chi connectivity index (χ1v) is 12.2. The Labute approximate surface area is 201 Å². The van der Waals surface area contributed by atoms with Gasteiger partial charge in [-0.2, -0.15) is 0 Å². The van der Waals surface area contributed by atoms with E-state index in [-0.39, 0.29) is 24.0 Å². The number of hydrogen-bond acceptors (Lipinski definition) is 6. The molecule has 2 fully saturated rings. The highest BCUT2D eigenvalue weighted by Gasteiger charge is 2.43. The van der Waals surface area contributed by atoms with Crippen molar-refractivity contribution in [3.63, 3.8) is 0 Å². The standard InChI is InChI=1S/C27H33N3O4/c1-3-4-5-18-34-24-12-10-23(11-13-24)30-26(32)19-25(27(30)33)29-16-14-28(15-17-29)22-8-6-21(7-9-22)20(2)31/h6-13,25H,3-5,14-19H2,1-2H3/t25-/m0/s1. The molecule has 0 unspecified atom stereocenters. The molecule has 2 aliphatic heterocycles. The summed E-state index contributed by atoms with van der Waals surface area (Å²) in [5, 5.41) is 0. The zero-order chi connectivity index (χ0) is 24.1. The van der Waals surface area contributed by atoms with E-state index >= 15 is 0 Å². The predicted octanol–water partition coefficient (Wildman–Crippen LogP) is 3.91. The van der Waals surface area contributed by atoms with Crippen molar-refractivity contribution in [3.05, 3.63) is 54.1 Å². The van der Waals surface area contributed by atoms with Gasteiger partial charge in [0.15, 0.2) is 5.78 Å². The molecule has 0 bridgehead atoms. The summed E-state index contributed by atoms with van der Waals surface area (Å²) < 4.78 is 5.74. The molecule has 0 radical (unpaired) electrons. The molecule has 2 amide bonds. The van der Waals surface area contributed by atoms with Gasteiger partial charge in [-0.1, -0.05) is 19.8 Å². The third kappa shape index (κ3) is 5.30. The van der Waals surface area contributed by atoms with Gasteiger partial charge >= 0.3 is 0 Å². The average molecular weight is 464 g/mol. The molecule has 0 spiro atoms. The molecule has 0 aromatic heterocycles. The molecular weight excluding hydrogens is 430 g/mol. The lowest BCUT2D eigenvalue weighted by atomic mass is 10.1. The molecule has 0 N–H and O–H groups in total. The lowest BCUT2D eigenvalue weighted by Crippen LogP contribution is -2.52. The minimum atomic E-state index is -0.417. The number of ether oxygens (including phenoxy) is 1. The van der Waals surface area contributed by atoms with Crippen LogP contribution in [0.5, 0.6) is 5.75 Å². The fourth-order valence-electron chi connectivity index (χ4n) is 4.60. The molecule has 2 aromatic rings. The SMILES string of the molecule is CCCCCOc1ccc(N2C(=O)C[C@H](N3CCN(c4ccc(C(C)=O)cc4)CC3)C2=O)cc1. The molecular formula is C27H33N3O4. The predicted molar refractivity (Wildman–Crippen MR) is 133 cm³/mol. The van der Waals surface area contributed by atoms with Crippen LogP contribution in [0.15, 0.2) is 48.5 Å². The smallest absolute Gasteiger partial charge is 0.251 e. The topological polar surface area (TPSA) is 70.2 Å². The van der Waals surface area contributed by atoms with E-state index in [0.717, 1.165) is 43.8 Å². The van der Waals surface area contributed by atoms with Crippen molar-refractivity contribution in [2.45, 2.75) is 45.6 Å². The zero-order valence-electron chi connectivity index (χ0n) is 20.0.